The van der Waals surface area contributed by atoms with Crippen molar-refractivity contribution in [3.8, 4) is 5.88 Å². The minimum absolute atomic E-state index is 0.0651. The first kappa shape index (κ1) is 14.0. The highest BCUT2D eigenvalue weighted by Crippen LogP contribution is 2.24. The maximum atomic E-state index is 12.0. The number of aromatic hydroxyl groups is 1. The van der Waals surface area contributed by atoms with Crippen LogP contribution >= 0.6 is 11.6 Å². The highest BCUT2D eigenvalue weighted by atomic mass is 35.5. The van der Waals surface area contributed by atoms with Crippen LogP contribution in [-0.2, 0) is 6.54 Å². The van der Waals surface area contributed by atoms with Crippen LogP contribution in [0, 0.1) is 10.1 Å². The molecule has 0 amide bonds. The number of nitro groups is 1. The molecule has 0 aliphatic carbocycles. The summed E-state index contributed by atoms with van der Waals surface area (Å²) in [5.41, 5.74) is -0.0969. The summed E-state index contributed by atoms with van der Waals surface area (Å²) < 4.78 is 1.05. The van der Waals surface area contributed by atoms with Gasteiger partial charge in [-0.3, -0.25) is 14.9 Å². The minimum Gasteiger partial charge on any atom is -0.455 e. The molecule has 0 saturated carbocycles. The lowest BCUT2D eigenvalue weighted by molar-refractivity contribution is -0.691. The third kappa shape index (κ3) is 2.92. The van der Waals surface area contributed by atoms with E-state index in [0.29, 0.717) is 5.56 Å². The van der Waals surface area contributed by atoms with Gasteiger partial charge in [-0.2, -0.15) is 4.57 Å². The number of halogens is 1. The van der Waals surface area contributed by atoms with Crippen LogP contribution in [0.2, 0.25) is 5.02 Å². The minimum atomic E-state index is -0.759. The predicted octanol–water partition coefficient (Wildman–Crippen LogP) is 2.12. The Bertz CT molecular complexity index is 674. The number of benzene rings is 1. The van der Waals surface area contributed by atoms with Gasteiger partial charge in [0.05, 0.1) is 11.0 Å². The van der Waals surface area contributed by atoms with Crippen LogP contribution < -0.4 is 4.57 Å². The van der Waals surface area contributed by atoms with Gasteiger partial charge in [-0.1, -0.05) is 41.9 Å². The van der Waals surface area contributed by atoms with E-state index in [1.807, 2.05) is 0 Å². The van der Waals surface area contributed by atoms with Crippen molar-refractivity contribution in [2.75, 3.05) is 0 Å². The molecule has 102 valence electrons. The maximum Gasteiger partial charge on any atom is 0.446 e. The second-order valence-electron chi connectivity index (χ2n) is 4.04. The first-order valence-corrected chi connectivity index (χ1v) is 6.01. The van der Waals surface area contributed by atoms with Gasteiger partial charge >= 0.3 is 11.6 Å². The number of rotatable bonds is 4. The van der Waals surface area contributed by atoms with Crippen molar-refractivity contribution in [1.82, 2.24) is 0 Å². The van der Waals surface area contributed by atoms with Crippen LogP contribution in [-0.4, -0.2) is 15.8 Å². The molecule has 0 spiro atoms. The van der Waals surface area contributed by atoms with E-state index in [2.05, 4.69) is 0 Å². The Morgan fingerprint density at radius 3 is 2.60 bits per heavy atom. The fourth-order valence-electron chi connectivity index (χ4n) is 1.71. The second-order valence-corrected chi connectivity index (χ2v) is 4.48. The first-order valence-electron chi connectivity index (χ1n) is 5.63. The van der Waals surface area contributed by atoms with E-state index in [1.165, 1.54) is 6.20 Å². The highest BCUT2D eigenvalue weighted by Gasteiger charge is 2.28. The summed E-state index contributed by atoms with van der Waals surface area (Å²) in [6.45, 7) is -0.239. The lowest BCUT2D eigenvalue weighted by Gasteiger charge is -2.00. The average molecular weight is 294 g/mol. The summed E-state index contributed by atoms with van der Waals surface area (Å²) in [4.78, 5) is 22.0. The summed E-state index contributed by atoms with van der Waals surface area (Å²) in [6.07, 6.45) is 1.27. The Labute approximate surface area is 119 Å². The first-order chi connectivity index (χ1) is 9.49. The van der Waals surface area contributed by atoms with Gasteiger partial charge in [0.15, 0.2) is 6.20 Å². The molecule has 2 aromatic rings. The number of pyridine rings is 1. The van der Waals surface area contributed by atoms with E-state index >= 15 is 0 Å². The van der Waals surface area contributed by atoms with E-state index in [1.54, 1.807) is 30.3 Å². The van der Waals surface area contributed by atoms with E-state index in [-0.39, 0.29) is 17.4 Å². The molecule has 20 heavy (non-hydrogen) atoms. The molecular formula is C13H10ClN2O4+. The number of carbonyl (C=O) groups excluding carboxylic acids is 1. The van der Waals surface area contributed by atoms with Crippen LogP contribution in [0.15, 0.2) is 42.6 Å². The lowest BCUT2D eigenvalue weighted by atomic mass is 10.1. The summed E-state index contributed by atoms with van der Waals surface area (Å²) in [6, 6.07) is 9.46. The zero-order valence-electron chi connectivity index (χ0n) is 10.2. The standard InChI is InChI=1S/C13H9ClN2O4/c14-10-6-11(16(19)20)13(18)15(7-10)8-12(17)9-4-2-1-3-5-9/h1-7H,8H2/p+1. The molecule has 0 radical (unpaired) electrons. The van der Waals surface area contributed by atoms with Crippen molar-refractivity contribution in [3.05, 3.63) is 63.3 Å². The Hall–Kier alpha value is -2.47. The van der Waals surface area contributed by atoms with E-state index in [0.717, 1.165) is 10.6 Å². The van der Waals surface area contributed by atoms with Crippen molar-refractivity contribution < 1.29 is 19.4 Å². The number of hydrogen-bond acceptors (Lipinski definition) is 4. The van der Waals surface area contributed by atoms with E-state index in [4.69, 9.17) is 11.6 Å². The van der Waals surface area contributed by atoms with Crippen molar-refractivity contribution in [2.45, 2.75) is 6.54 Å². The topological polar surface area (TPSA) is 84.3 Å². The molecule has 1 heterocycles. The van der Waals surface area contributed by atoms with E-state index < -0.39 is 16.5 Å². The van der Waals surface area contributed by atoms with E-state index in [9.17, 15) is 20.0 Å². The quantitative estimate of drug-likeness (QED) is 0.405. The third-order valence-electron chi connectivity index (χ3n) is 2.66. The van der Waals surface area contributed by atoms with Crippen molar-refractivity contribution in [1.29, 1.82) is 0 Å². The van der Waals surface area contributed by atoms with Crippen LogP contribution in [0.5, 0.6) is 5.88 Å². The van der Waals surface area contributed by atoms with Crippen molar-refractivity contribution in [3.63, 3.8) is 0 Å². The summed E-state index contributed by atoms with van der Waals surface area (Å²) in [5.74, 6) is -0.897. The summed E-state index contributed by atoms with van der Waals surface area (Å²) >= 11 is 5.75. The number of carbonyl (C=O) groups is 1. The zero-order chi connectivity index (χ0) is 14.7. The predicted molar refractivity (Wildman–Crippen MR) is 70.7 cm³/mol. The zero-order valence-corrected chi connectivity index (χ0v) is 10.9. The molecule has 7 heteroatoms. The fraction of sp³-hybridized carbons (Fsp3) is 0.0769. The van der Waals surface area contributed by atoms with Gasteiger partial charge in [0.2, 0.25) is 12.3 Å². The smallest absolute Gasteiger partial charge is 0.446 e. The van der Waals surface area contributed by atoms with Crippen LogP contribution in [0.25, 0.3) is 0 Å². The van der Waals surface area contributed by atoms with Crippen LogP contribution in [0.1, 0.15) is 10.4 Å². The Balaban J connectivity index is 2.35. The lowest BCUT2D eigenvalue weighted by Crippen LogP contribution is -2.38. The van der Waals surface area contributed by atoms with Gasteiger partial charge in [0.1, 0.15) is 5.02 Å². The number of ketones is 1. The Morgan fingerprint density at radius 2 is 2.00 bits per heavy atom. The van der Waals surface area contributed by atoms with Gasteiger partial charge in [0, 0.05) is 5.56 Å². The molecule has 0 fully saturated rings. The summed E-state index contributed by atoms with van der Waals surface area (Å²) in [7, 11) is 0. The number of Topliss-reactive ketones (excluding diaryl/α,β-unsaturated/α-hetero) is 1. The molecule has 6 nitrogen and oxygen atoms in total. The van der Waals surface area contributed by atoms with Gasteiger partial charge < -0.3 is 5.11 Å². The van der Waals surface area contributed by atoms with Crippen LogP contribution in [0.4, 0.5) is 5.69 Å². The van der Waals surface area contributed by atoms with Gasteiger partial charge in [0.25, 0.3) is 0 Å². The number of hydrogen-bond donors (Lipinski definition) is 1. The summed E-state index contributed by atoms with van der Waals surface area (Å²) in [5, 5.41) is 20.6. The normalized spacial score (nSPS) is 10.2. The number of aromatic nitrogens is 1. The van der Waals surface area contributed by atoms with Crippen molar-refractivity contribution in [2.24, 2.45) is 0 Å². The third-order valence-corrected chi connectivity index (χ3v) is 2.87. The molecule has 0 unspecified atom stereocenters. The molecule has 1 N–H and O–H groups in total. The fourth-order valence-corrected chi connectivity index (χ4v) is 1.94. The largest absolute Gasteiger partial charge is 0.455 e. The SMILES string of the molecule is O=C(C[n+]1cc(Cl)cc([N+](=O)[O-])c1O)c1ccccc1. The molecular weight excluding hydrogens is 284 g/mol. The monoisotopic (exact) mass is 293 g/mol. The van der Waals surface area contributed by atoms with Gasteiger partial charge in [-0.15, -0.1) is 0 Å². The van der Waals surface area contributed by atoms with Gasteiger partial charge in [-0.05, 0) is 0 Å². The van der Waals surface area contributed by atoms with Crippen LogP contribution in [0.3, 0.4) is 0 Å². The molecule has 0 saturated heterocycles. The Morgan fingerprint density at radius 1 is 1.35 bits per heavy atom. The molecule has 0 atom stereocenters. The maximum absolute atomic E-state index is 12.0. The Kier molecular flexibility index (Phi) is 3.95. The number of nitrogens with zero attached hydrogens (tertiary/aromatic N) is 2. The second kappa shape index (κ2) is 5.66. The molecule has 2 rings (SSSR count). The van der Waals surface area contributed by atoms with Crippen molar-refractivity contribution >= 4 is 23.1 Å². The molecule has 0 bridgehead atoms. The molecule has 0 aliphatic rings. The highest BCUT2D eigenvalue weighted by molar-refractivity contribution is 6.30. The molecule has 1 aromatic heterocycles. The van der Waals surface area contributed by atoms with Gasteiger partial charge in [-0.25, -0.2) is 0 Å². The molecule has 1 aromatic carbocycles. The average Bonchev–Trinajstić information content (AvgIpc) is 2.43. The molecule has 0 aliphatic heterocycles.